The molecule has 0 aliphatic heterocycles. The van der Waals surface area contributed by atoms with E-state index in [0.717, 1.165) is 0 Å². The maximum atomic E-state index is 0. The molecule has 0 aromatic carbocycles. The van der Waals surface area contributed by atoms with Crippen LogP contribution in [0.2, 0.25) is 0 Å². The molecule has 4 heavy (non-hydrogen) atoms. The summed E-state index contributed by atoms with van der Waals surface area (Å²) in [5, 5.41) is 0. The minimum absolute atomic E-state index is 0. The van der Waals surface area contributed by atoms with E-state index in [1.807, 2.05) is 0 Å². The van der Waals surface area contributed by atoms with Crippen LogP contribution >= 0.6 is 0 Å². The molecule has 0 aliphatic rings. The Morgan fingerprint density at radius 3 is 1.00 bits per heavy atom. The smallest absolute Gasteiger partial charge is 0 e. The van der Waals surface area contributed by atoms with Crippen molar-refractivity contribution in [1.29, 1.82) is 0 Å². The average molecular weight is 500 g/mol. The first-order valence-electron chi connectivity index (χ1n) is 0. The van der Waals surface area contributed by atoms with Crippen LogP contribution in [0.4, 0.5) is 0 Å². The quantitative estimate of drug-likeness (QED) is 0.398. The number of rotatable bonds is 0. The van der Waals surface area contributed by atoms with Crippen molar-refractivity contribution in [2.75, 3.05) is 0 Å². The maximum absolute atomic E-state index is 0. The molecule has 0 bridgehead atoms. The molecule has 0 unspecified atom stereocenters. The Kier molecular flexibility index (Phi) is 108. The van der Waals surface area contributed by atoms with Gasteiger partial charge in [0.25, 0.3) is 0 Å². The Balaban J connectivity index is 0. The summed E-state index contributed by atoms with van der Waals surface area (Å²) in [4.78, 5) is 0. The third kappa shape index (κ3) is 9.00. The van der Waals surface area contributed by atoms with Crippen molar-refractivity contribution in [3.63, 3.8) is 0 Å². The van der Waals surface area contributed by atoms with E-state index in [-0.39, 0.29) is 98.9 Å². The minimum atomic E-state index is 0. The van der Waals surface area contributed by atoms with Gasteiger partial charge in [0.15, 0.2) is 0 Å². The molecule has 0 rings (SSSR count). The molecule has 0 saturated carbocycles. The Hall–Kier alpha value is 3.30. The van der Waals surface area contributed by atoms with Crippen LogP contribution in [0.25, 0.3) is 0 Å². The molecule has 11 valence electrons. The van der Waals surface area contributed by atoms with Gasteiger partial charge in [-0.05, 0) is 0 Å². The van der Waals surface area contributed by atoms with Gasteiger partial charge < -0.3 is 0 Å². The molecule has 0 heterocycles. The predicted octanol–water partition coefficient (Wildman–Crippen LogP) is -0.388. The van der Waals surface area contributed by atoms with Gasteiger partial charge in [-0.3, -0.25) is 0 Å². The van der Waals surface area contributed by atoms with Crippen molar-refractivity contribution in [2.45, 2.75) is 0 Å². The van der Waals surface area contributed by atoms with Crippen molar-refractivity contribution in [3.05, 3.63) is 0 Å². The van der Waals surface area contributed by atoms with E-state index < -0.39 is 0 Å². The molecule has 0 nitrogen and oxygen atoms in total. The van der Waals surface area contributed by atoms with E-state index in [0.29, 0.717) is 0 Å². The van der Waals surface area contributed by atoms with E-state index in [4.69, 9.17) is 0 Å². The van der Waals surface area contributed by atoms with Gasteiger partial charge in [-0.25, -0.2) is 0 Å². The molecule has 0 spiro atoms. The van der Waals surface area contributed by atoms with Crippen LogP contribution in [0, 0.1) is 0 Å². The van der Waals surface area contributed by atoms with E-state index in [2.05, 4.69) is 0 Å². The summed E-state index contributed by atoms with van der Waals surface area (Å²) in [7, 11) is 0. The van der Waals surface area contributed by atoms with E-state index in [1.54, 1.807) is 0 Å². The molecular formula is CdHgSbZn. The SMILES string of the molecule is [Cd].[Hg].[Sb].[Zn]. The third-order valence-corrected chi connectivity index (χ3v) is 0. The first kappa shape index (κ1) is 26.6. The zero-order valence-corrected chi connectivity index (χ0v) is 17.6. The van der Waals surface area contributed by atoms with Crippen LogP contribution in [0.15, 0.2) is 0 Å². The fourth-order valence-electron chi connectivity index (χ4n) is 0. The summed E-state index contributed by atoms with van der Waals surface area (Å²) >= 11 is 0. The van der Waals surface area contributed by atoms with Crippen molar-refractivity contribution < 1.29 is 74.4 Å². The Bertz CT molecular complexity index is 8.00. The zero-order chi connectivity index (χ0) is 0. The van der Waals surface area contributed by atoms with Gasteiger partial charge in [0, 0.05) is 98.9 Å². The molecule has 4 heteroatoms. The van der Waals surface area contributed by atoms with Crippen LogP contribution < -0.4 is 0 Å². The van der Waals surface area contributed by atoms with Crippen molar-refractivity contribution >= 4 is 24.4 Å². The molecular weight excluding hydrogens is 500 g/mol. The second-order valence-electron chi connectivity index (χ2n) is 0. The first-order chi connectivity index (χ1) is 0. The van der Waals surface area contributed by atoms with Crippen LogP contribution in [0.5, 0.6) is 0 Å². The third-order valence-electron chi connectivity index (χ3n) is 0. The standard InChI is InChI=1S/Cd.Hg.Sb.Zn. The number of hydrogen-bond donors (Lipinski definition) is 0. The molecule has 0 fully saturated rings. The summed E-state index contributed by atoms with van der Waals surface area (Å²) in [5.74, 6) is 0. The summed E-state index contributed by atoms with van der Waals surface area (Å²) < 4.78 is 0. The molecule has 0 amide bonds. The topological polar surface area (TPSA) is 0 Å². The van der Waals surface area contributed by atoms with E-state index in [9.17, 15) is 0 Å². The van der Waals surface area contributed by atoms with E-state index >= 15 is 0 Å². The first-order valence-corrected chi connectivity index (χ1v) is 0. The van der Waals surface area contributed by atoms with Crippen LogP contribution in [0.3, 0.4) is 0 Å². The van der Waals surface area contributed by atoms with Crippen LogP contribution in [0.1, 0.15) is 0 Å². The van der Waals surface area contributed by atoms with Crippen LogP contribution in [-0.4, -0.2) is 24.4 Å². The van der Waals surface area contributed by atoms with Crippen molar-refractivity contribution in [1.82, 2.24) is 0 Å². The molecule has 0 N–H and O–H groups in total. The molecule has 0 aliphatic carbocycles. The Labute approximate surface area is 96.7 Å². The normalized spacial score (nSPS) is 0. The molecule has 0 aromatic heterocycles. The van der Waals surface area contributed by atoms with E-state index in [1.165, 1.54) is 0 Å². The summed E-state index contributed by atoms with van der Waals surface area (Å²) in [6.45, 7) is 0. The number of hydrogen-bond acceptors (Lipinski definition) is 0. The average Bonchev–Trinajstić information content (AvgIpc) is 0. The van der Waals surface area contributed by atoms with Gasteiger partial charge in [0.05, 0.1) is 0 Å². The summed E-state index contributed by atoms with van der Waals surface area (Å²) in [6, 6.07) is 0. The molecule has 0 saturated heterocycles. The molecule has 0 aromatic rings. The fourth-order valence-corrected chi connectivity index (χ4v) is 0. The Morgan fingerprint density at radius 1 is 1.00 bits per heavy atom. The van der Waals surface area contributed by atoms with Gasteiger partial charge in [-0.2, -0.15) is 0 Å². The second-order valence-corrected chi connectivity index (χ2v) is 0. The van der Waals surface area contributed by atoms with Gasteiger partial charge in [0.2, 0.25) is 0 Å². The Morgan fingerprint density at radius 2 is 1.00 bits per heavy atom. The summed E-state index contributed by atoms with van der Waals surface area (Å²) in [5.41, 5.74) is 0. The zero-order valence-electron chi connectivity index (χ0n) is 2.57. The fraction of sp³-hybridized carbons (Fsp3) is 0. The van der Waals surface area contributed by atoms with Gasteiger partial charge in [0.1, 0.15) is 0 Å². The largest absolute Gasteiger partial charge is 0 e. The van der Waals surface area contributed by atoms with Gasteiger partial charge in [-0.1, -0.05) is 0 Å². The predicted molar refractivity (Wildman–Crippen MR) is 5.75 cm³/mol. The van der Waals surface area contributed by atoms with Crippen molar-refractivity contribution in [3.8, 4) is 0 Å². The maximum Gasteiger partial charge on any atom is 0 e. The van der Waals surface area contributed by atoms with Gasteiger partial charge >= 0.3 is 0 Å². The summed E-state index contributed by atoms with van der Waals surface area (Å²) in [6.07, 6.45) is 0. The van der Waals surface area contributed by atoms with Crippen molar-refractivity contribution in [2.24, 2.45) is 0 Å². The van der Waals surface area contributed by atoms with Crippen LogP contribution in [-0.2, 0) is 74.4 Å². The monoisotopic (exact) mass is 501 g/mol. The minimum Gasteiger partial charge on any atom is 0 e. The molecule has 3 radical (unpaired) electrons. The van der Waals surface area contributed by atoms with Gasteiger partial charge in [-0.15, -0.1) is 0 Å². The second kappa shape index (κ2) is 16.3. The molecule has 0 atom stereocenters.